The average molecular weight is 253 g/mol. The Hall–Kier alpha value is -1.77. The van der Waals surface area contributed by atoms with Gasteiger partial charge in [-0.2, -0.15) is 5.26 Å². The first-order valence-corrected chi connectivity index (χ1v) is 5.97. The van der Waals surface area contributed by atoms with Gasteiger partial charge in [-0.05, 0) is 33.6 Å². The van der Waals surface area contributed by atoms with E-state index in [1.54, 1.807) is 20.8 Å². The lowest BCUT2D eigenvalue weighted by atomic mass is 9.95. The number of nitrogens with zero attached hydrogens (tertiary/aromatic N) is 2. The third-order valence-electron chi connectivity index (χ3n) is 3.06. The molecule has 2 amide bonds. The Morgan fingerprint density at radius 3 is 2.61 bits per heavy atom. The fraction of sp³-hybridized carbons (Fsp3) is 0.750. The molecule has 0 aromatic heterocycles. The van der Waals surface area contributed by atoms with Gasteiger partial charge in [0.25, 0.3) is 0 Å². The number of rotatable bonds is 3. The van der Waals surface area contributed by atoms with Crippen LogP contribution in [-0.4, -0.2) is 40.1 Å². The van der Waals surface area contributed by atoms with Crippen LogP contribution in [0.4, 0.5) is 4.79 Å². The van der Waals surface area contributed by atoms with Gasteiger partial charge in [0, 0.05) is 18.0 Å². The lowest BCUT2D eigenvalue weighted by Gasteiger charge is -2.37. The highest BCUT2D eigenvalue weighted by Crippen LogP contribution is 2.24. The maximum Gasteiger partial charge on any atom is 0.408 e. The van der Waals surface area contributed by atoms with E-state index in [9.17, 15) is 14.7 Å². The zero-order valence-electron chi connectivity index (χ0n) is 10.9. The van der Waals surface area contributed by atoms with Crippen molar-refractivity contribution in [1.29, 1.82) is 5.26 Å². The summed E-state index contributed by atoms with van der Waals surface area (Å²) in [7, 11) is 0. The molecule has 0 aromatic rings. The van der Waals surface area contributed by atoms with Crippen LogP contribution in [0, 0.1) is 17.2 Å². The number of carbonyl (C=O) groups excluding carboxylic acids is 1. The Bertz CT molecular complexity index is 381. The number of carboxylic acid groups (broad SMARTS) is 1. The van der Waals surface area contributed by atoms with Gasteiger partial charge in [0.2, 0.25) is 5.91 Å². The summed E-state index contributed by atoms with van der Waals surface area (Å²) in [6.45, 7) is 5.81. The molecule has 6 heteroatoms. The Morgan fingerprint density at radius 1 is 1.67 bits per heavy atom. The molecule has 1 heterocycles. The minimum atomic E-state index is -1.13. The zero-order valence-corrected chi connectivity index (χ0v) is 10.9. The van der Waals surface area contributed by atoms with E-state index in [1.165, 1.54) is 0 Å². The van der Waals surface area contributed by atoms with Gasteiger partial charge in [-0.3, -0.25) is 9.69 Å². The average Bonchev–Trinajstić information content (AvgIpc) is 2.60. The summed E-state index contributed by atoms with van der Waals surface area (Å²) >= 11 is 0. The van der Waals surface area contributed by atoms with Crippen LogP contribution in [0.3, 0.4) is 0 Å². The summed E-state index contributed by atoms with van der Waals surface area (Å²) in [6, 6.07) is 1.21. The van der Waals surface area contributed by atoms with Crippen LogP contribution >= 0.6 is 0 Å². The lowest BCUT2D eigenvalue weighted by molar-refractivity contribution is -0.122. The largest absolute Gasteiger partial charge is 0.465 e. The van der Waals surface area contributed by atoms with Crippen molar-refractivity contribution in [2.45, 2.75) is 45.2 Å². The molecule has 2 atom stereocenters. The molecular weight excluding hydrogens is 234 g/mol. The lowest BCUT2D eigenvalue weighted by Crippen LogP contribution is -2.51. The quantitative estimate of drug-likeness (QED) is 0.789. The maximum absolute atomic E-state index is 11.5. The first-order chi connectivity index (χ1) is 8.27. The molecule has 0 aliphatic carbocycles. The van der Waals surface area contributed by atoms with Crippen LogP contribution in [0.5, 0.6) is 0 Å². The summed E-state index contributed by atoms with van der Waals surface area (Å²) in [4.78, 5) is 23.9. The zero-order chi connectivity index (χ0) is 13.9. The Balaban J connectivity index is 2.84. The van der Waals surface area contributed by atoms with Crippen molar-refractivity contribution in [1.82, 2.24) is 10.2 Å². The van der Waals surface area contributed by atoms with Gasteiger partial charge in [-0.1, -0.05) is 0 Å². The Morgan fingerprint density at radius 2 is 2.28 bits per heavy atom. The topological polar surface area (TPSA) is 93.4 Å². The molecule has 0 spiro atoms. The van der Waals surface area contributed by atoms with Gasteiger partial charge in [0.05, 0.1) is 6.07 Å². The predicted molar refractivity (Wildman–Crippen MR) is 64.8 cm³/mol. The van der Waals surface area contributed by atoms with Gasteiger partial charge in [0.1, 0.15) is 6.04 Å². The van der Waals surface area contributed by atoms with Crippen LogP contribution in [0.15, 0.2) is 0 Å². The van der Waals surface area contributed by atoms with E-state index in [0.717, 1.165) is 4.90 Å². The molecule has 1 saturated heterocycles. The Labute approximate surface area is 107 Å². The van der Waals surface area contributed by atoms with Crippen molar-refractivity contribution in [3.8, 4) is 6.07 Å². The van der Waals surface area contributed by atoms with Crippen molar-refractivity contribution >= 4 is 12.0 Å². The van der Waals surface area contributed by atoms with Crippen molar-refractivity contribution in [3.63, 3.8) is 0 Å². The van der Waals surface area contributed by atoms with Crippen molar-refractivity contribution in [2.75, 3.05) is 6.54 Å². The summed E-state index contributed by atoms with van der Waals surface area (Å²) in [5, 5.41) is 21.1. The van der Waals surface area contributed by atoms with E-state index in [-0.39, 0.29) is 18.2 Å². The van der Waals surface area contributed by atoms with Crippen LogP contribution in [0.2, 0.25) is 0 Å². The first kappa shape index (κ1) is 14.3. The monoisotopic (exact) mass is 253 g/mol. The second-order valence-corrected chi connectivity index (χ2v) is 5.48. The minimum absolute atomic E-state index is 0.0884. The smallest absolute Gasteiger partial charge is 0.408 e. The molecule has 0 unspecified atom stereocenters. The van der Waals surface area contributed by atoms with E-state index < -0.39 is 17.7 Å². The normalized spacial score (nSPS) is 21.0. The number of nitriles is 1. The molecule has 100 valence electrons. The Kier molecular flexibility index (Phi) is 4.17. The van der Waals surface area contributed by atoms with Crippen LogP contribution in [0.1, 0.15) is 33.6 Å². The fourth-order valence-electron chi connectivity index (χ4n) is 2.24. The van der Waals surface area contributed by atoms with E-state index in [1.807, 2.05) is 6.07 Å². The standard InChI is InChI=1S/C12H19N3O3/c1-12(2,3)15(11(17)18)9(7-13)6-8-4-5-14-10(8)16/h8-9H,4-6H2,1-3H3,(H,14,16)(H,17,18)/t8-,9-/m0/s1. The molecule has 2 N–H and O–H groups in total. The van der Waals surface area contributed by atoms with Crippen LogP contribution in [0.25, 0.3) is 0 Å². The molecule has 0 saturated carbocycles. The molecule has 18 heavy (non-hydrogen) atoms. The number of carbonyl (C=O) groups is 2. The SMILES string of the molecule is CC(C)(C)N(C(=O)O)[C@H](C#N)C[C@@H]1CCNC1=O. The highest BCUT2D eigenvalue weighted by molar-refractivity contribution is 5.80. The highest BCUT2D eigenvalue weighted by atomic mass is 16.4. The van der Waals surface area contributed by atoms with Crippen LogP contribution < -0.4 is 5.32 Å². The first-order valence-electron chi connectivity index (χ1n) is 5.97. The second-order valence-electron chi connectivity index (χ2n) is 5.48. The minimum Gasteiger partial charge on any atom is -0.465 e. The maximum atomic E-state index is 11.5. The van der Waals surface area contributed by atoms with Crippen molar-refractivity contribution < 1.29 is 14.7 Å². The number of hydrogen-bond donors (Lipinski definition) is 2. The second kappa shape index (κ2) is 5.25. The van der Waals surface area contributed by atoms with Crippen molar-refractivity contribution in [3.05, 3.63) is 0 Å². The van der Waals surface area contributed by atoms with Gasteiger partial charge < -0.3 is 10.4 Å². The molecule has 0 bridgehead atoms. The van der Waals surface area contributed by atoms with E-state index >= 15 is 0 Å². The third-order valence-corrected chi connectivity index (χ3v) is 3.06. The molecular formula is C12H19N3O3. The molecule has 1 aliphatic rings. The summed E-state index contributed by atoms with van der Waals surface area (Å²) < 4.78 is 0. The molecule has 1 rings (SSSR count). The fourth-order valence-corrected chi connectivity index (χ4v) is 2.24. The highest BCUT2D eigenvalue weighted by Gasteiger charge is 2.37. The van der Waals surface area contributed by atoms with Gasteiger partial charge in [0.15, 0.2) is 0 Å². The van der Waals surface area contributed by atoms with E-state index in [4.69, 9.17) is 5.26 Å². The summed E-state index contributed by atoms with van der Waals surface area (Å²) in [5.74, 6) is -0.353. The number of hydrogen-bond acceptors (Lipinski definition) is 3. The molecule has 0 radical (unpaired) electrons. The molecule has 6 nitrogen and oxygen atoms in total. The van der Waals surface area contributed by atoms with Gasteiger partial charge >= 0.3 is 6.09 Å². The molecule has 0 aromatic carbocycles. The van der Waals surface area contributed by atoms with Gasteiger partial charge in [-0.15, -0.1) is 0 Å². The molecule has 1 aliphatic heterocycles. The van der Waals surface area contributed by atoms with E-state index in [0.29, 0.717) is 13.0 Å². The summed E-state index contributed by atoms with van der Waals surface area (Å²) in [6.07, 6.45) is -0.215. The number of nitrogens with one attached hydrogen (secondary N) is 1. The van der Waals surface area contributed by atoms with Crippen molar-refractivity contribution in [2.24, 2.45) is 5.92 Å². The number of amides is 2. The predicted octanol–water partition coefficient (Wildman–Crippen LogP) is 1.18. The summed E-state index contributed by atoms with van der Waals surface area (Å²) in [5.41, 5.74) is -0.665. The van der Waals surface area contributed by atoms with Crippen LogP contribution in [-0.2, 0) is 4.79 Å². The third kappa shape index (κ3) is 3.13. The molecule has 1 fully saturated rings. The van der Waals surface area contributed by atoms with Gasteiger partial charge in [-0.25, -0.2) is 4.79 Å². The van der Waals surface area contributed by atoms with E-state index in [2.05, 4.69) is 5.32 Å².